The molecule has 0 bridgehead atoms. The molecular formula is C13H21Cl2N3O. The zero-order valence-electron chi connectivity index (χ0n) is 11.0. The van der Waals surface area contributed by atoms with Crippen LogP contribution in [0.2, 0.25) is 0 Å². The minimum atomic E-state index is -0.0152. The highest BCUT2D eigenvalue weighted by Gasteiger charge is 2.22. The van der Waals surface area contributed by atoms with E-state index in [1.807, 2.05) is 25.1 Å². The van der Waals surface area contributed by atoms with Gasteiger partial charge in [-0.1, -0.05) is 6.07 Å². The summed E-state index contributed by atoms with van der Waals surface area (Å²) >= 11 is 0. The van der Waals surface area contributed by atoms with Crippen molar-refractivity contribution < 1.29 is 4.79 Å². The van der Waals surface area contributed by atoms with Crippen LogP contribution in [0, 0.1) is 5.92 Å². The van der Waals surface area contributed by atoms with E-state index in [4.69, 9.17) is 0 Å². The molecule has 1 aromatic rings. The largest absolute Gasteiger partial charge is 0.348 e. The maximum absolute atomic E-state index is 12.0. The lowest BCUT2D eigenvalue weighted by Gasteiger charge is -2.23. The first-order valence-corrected chi connectivity index (χ1v) is 6.19. The maximum Gasteiger partial charge on any atom is 0.223 e. The van der Waals surface area contributed by atoms with Crippen molar-refractivity contribution in [1.82, 2.24) is 15.6 Å². The Balaban J connectivity index is 0.00000162. The zero-order chi connectivity index (χ0) is 12.1. The summed E-state index contributed by atoms with van der Waals surface area (Å²) < 4.78 is 0. The second kappa shape index (κ2) is 9.13. The van der Waals surface area contributed by atoms with Gasteiger partial charge in [0.1, 0.15) is 0 Å². The number of carbonyl (C=O) groups excluding carboxylic acids is 1. The number of halogens is 2. The molecule has 0 aliphatic carbocycles. The average molecular weight is 306 g/mol. The van der Waals surface area contributed by atoms with Crippen molar-refractivity contribution in [3.63, 3.8) is 0 Å². The van der Waals surface area contributed by atoms with Gasteiger partial charge in [0.25, 0.3) is 0 Å². The van der Waals surface area contributed by atoms with Crippen LogP contribution in [0.4, 0.5) is 0 Å². The van der Waals surface area contributed by atoms with Crippen LogP contribution in [0.15, 0.2) is 24.4 Å². The lowest BCUT2D eigenvalue weighted by atomic mass is 9.97. The van der Waals surface area contributed by atoms with Crippen LogP contribution in [0.25, 0.3) is 0 Å². The Morgan fingerprint density at radius 3 is 2.63 bits per heavy atom. The molecule has 0 saturated carbocycles. The molecule has 1 atom stereocenters. The van der Waals surface area contributed by atoms with Gasteiger partial charge in [-0.3, -0.25) is 9.78 Å². The average Bonchev–Trinajstić information content (AvgIpc) is 2.40. The highest BCUT2D eigenvalue weighted by molar-refractivity contribution is 5.85. The number of nitrogens with zero attached hydrogens (tertiary/aromatic N) is 1. The molecule has 0 aromatic carbocycles. The second-order valence-corrected chi connectivity index (χ2v) is 4.51. The van der Waals surface area contributed by atoms with E-state index in [1.54, 1.807) is 6.20 Å². The van der Waals surface area contributed by atoms with Gasteiger partial charge in [-0.15, -0.1) is 24.8 Å². The molecular weight excluding hydrogens is 285 g/mol. The molecule has 1 saturated heterocycles. The van der Waals surface area contributed by atoms with Crippen molar-refractivity contribution >= 4 is 30.7 Å². The van der Waals surface area contributed by atoms with Gasteiger partial charge in [-0.05, 0) is 45.0 Å². The minimum Gasteiger partial charge on any atom is -0.348 e. The van der Waals surface area contributed by atoms with Crippen LogP contribution < -0.4 is 10.6 Å². The molecule has 2 N–H and O–H groups in total. The van der Waals surface area contributed by atoms with Gasteiger partial charge < -0.3 is 10.6 Å². The maximum atomic E-state index is 12.0. The smallest absolute Gasteiger partial charge is 0.223 e. The molecule has 0 spiro atoms. The second-order valence-electron chi connectivity index (χ2n) is 4.51. The van der Waals surface area contributed by atoms with Gasteiger partial charge in [0.05, 0.1) is 11.7 Å². The van der Waals surface area contributed by atoms with E-state index in [2.05, 4.69) is 15.6 Å². The van der Waals surface area contributed by atoms with E-state index in [0.29, 0.717) is 0 Å². The van der Waals surface area contributed by atoms with Crippen LogP contribution >= 0.6 is 24.8 Å². The molecule has 2 heterocycles. The number of piperidine rings is 1. The number of aromatic nitrogens is 1. The van der Waals surface area contributed by atoms with Gasteiger partial charge in [-0.2, -0.15) is 0 Å². The third kappa shape index (κ3) is 5.35. The first-order valence-electron chi connectivity index (χ1n) is 6.19. The normalized spacial score (nSPS) is 16.7. The number of nitrogens with one attached hydrogen (secondary N) is 2. The Morgan fingerprint density at radius 1 is 1.37 bits per heavy atom. The molecule has 1 fully saturated rings. The summed E-state index contributed by atoms with van der Waals surface area (Å²) in [4.78, 5) is 16.3. The third-order valence-corrected chi connectivity index (χ3v) is 3.20. The lowest BCUT2D eigenvalue weighted by molar-refractivity contribution is -0.126. The van der Waals surface area contributed by atoms with Gasteiger partial charge in [-0.25, -0.2) is 0 Å². The molecule has 19 heavy (non-hydrogen) atoms. The van der Waals surface area contributed by atoms with Crippen molar-refractivity contribution in [3.05, 3.63) is 30.1 Å². The van der Waals surface area contributed by atoms with E-state index < -0.39 is 0 Å². The zero-order valence-corrected chi connectivity index (χ0v) is 12.6. The van der Waals surface area contributed by atoms with E-state index in [9.17, 15) is 4.79 Å². The molecule has 2 rings (SSSR count). The van der Waals surface area contributed by atoms with E-state index in [1.165, 1.54) is 0 Å². The van der Waals surface area contributed by atoms with Gasteiger partial charge in [0.15, 0.2) is 0 Å². The number of rotatable bonds is 3. The minimum absolute atomic E-state index is 0. The van der Waals surface area contributed by atoms with Crippen molar-refractivity contribution in [2.75, 3.05) is 13.1 Å². The standard InChI is InChI=1S/C13H19N3O.2ClH/c1-10(12-4-2-3-7-15-12)16-13(17)11-5-8-14-9-6-11;;/h2-4,7,10-11,14H,5-6,8-9H2,1H3,(H,16,17);2*1H. The first-order chi connectivity index (χ1) is 8.27. The van der Waals surface area contributed by atoms with Crippen LogP contribution in [-0.2, 0) is 4.79 Å². The Hall–Kier alpha value is -0.840. The molecule has 1 aliphatic rings. The summed E-state index contributed by atoms with van der Waals surface area (Å²) in [6, 6.07) is 5.74. The highest BCUT2D eigenvalue weighted by atomic mass is 35.5. The highest BCUT2D eigenvalue weighted by Crippen LogP contribution is 2.14. The van der Waals surface area contributed by atoms with Crippen LogP contribution in [-0.4, -0.2) is 24.0 Å². The van der Waals surface area contributed by atoms with Crippen molar-refractivity contribution in [3.8, 4) is 0 Å². The van der Waals surface area contributed by atoms with E-state index in [-0.39, 0.29) is 42.7 Å². The fourth-order valence-corrected chi connectivity index (χ4v) is 2.12. The molecule has 0 radical (unpaired) electrons. The summed E-state index contributed by atoms with van der Waals surface area (Å²) in [7, 11) is 0. The van der Waals surface area contributed by atoms with E-state index in [0.717, 1.165) is 31.6 Å². The number of hydrogen-bond acceptors (Lipinski definition) is 3. The summed E-state index contributed by atoms with van der Waals surface area (Å²) in [5.74, 6) is 0.312. The quantitative estimate of drug-likeness (QED) is 0.899. The molecule has 6 heteroatoms. The van der Waals surface area contributed by atoms with Crippen molar-refractivity contribution in [2.24, 2.45) is 5.92 Å². The summed E-state index contributed by atoms with van der Waals surface area (Å²) in [6.45, 7) is 3.85. The molecule has 1 unspecified atom stereocenters. The molecule has 108 valence electrons. The SMILES string of the molecule is CC(NC(=O)C1CCNCC1)c1ccccn1.Cl.Cl. The fraction of sp³-hybridized carbons (Fsp3) is 0.538. The molecule has 4 nitrogen and oxygen atoms in total. The predicted molar refractivity (Wildman–Crippen MR) is 80.9 cm³/mol. The third-order valence-electron chi connectivity index (χ3n) is 3.20. The molecule has 1 aliphatic heterocycles. The number of hydrogen-bond donors (Lipinski definition) is 2. The summed E-state index contributed by atoms with van der Waals surface area (Å²) in [5.41, 5.74) is 0.912. The summed E-state index contributed by atoms with van der Waals surface area (Å²) in [6.07, 6.45) is 3.62. The Kier molecular flexibility index (Phi) is 8.72. The number of amides is 1. The van der Waals surface area contributed by atoms with Crippen LogP contribution in [0.5, 0.6) is 0 Å². The van der Waals surface area contributed by atoms with Crippen molar-refractivity contribution in [2.45, 2.75) is 25.8 Å². The van der Waals surface area contributed by atoms with Crippen LogP contribution in [0.3, 0.4) is 0 Å². The molecule has 1 amide bonds. The topological polar surface area (TPSA) is 54.0 Å². The predicted octanol–water partition coefficient (Wildman–Crippen LogP) is 2.10. The Labute approximate surface area is 126 Å². The van der Waals surface area contributed by atoms with E-state index >= 15 is 0 Å². The monoisotopic (exact) mass is 305 g/mol. The van der Waals surface area contributed by atoms with Crippen LogP contribution in [0.1, 0.15) is 31.5 Å². The summed E-state index contributed by atoms with van der Waals surface area (Å²) in [5, 5.41) is 6.30. The first kappa shape index (κ1) is 18.2. The van der Waals surface area contributed by atoms with Crippen molar-refractivity contribution in [1.29, 1.82) is 0 Å². The van der Waals surface area contributed by atoms with Gasteiger partial charge >= 0.3 is 0 Å². The fourth-order valence-electron chi connectivity index (χ4n) is 2.12. The molecule has 1 aromatic heterocycles. The lowest BCUT2D eigenvalue weighted by Crippen LogP contribution is -2.39. The number of carbonyl (C=O) groups is 1. The Morgan fingerprint density at radius 2 is 2.05 bits per heavy atom. The van der Waals surface area contributed by atoms with Gasteiger partial charge in [0, 0.05) is 12.1 Å². The number of pyridine rings is 1. The van der Waals surface area contributed by atoms with Gasteiger partial charge in [0.2, 0.25) is 5.91 Å². The Bertz CT molecular complexity index is 369.